The molecule has 0 saturated heterocycles. The van der Waals surface area contributed by atoms with Crippen molar-refractivity contribution in [3.63, 3.8) is 0 Å². The van der Waals surface area contributed by atoms with Crippen molar-refractivity contribution < 1.29 is 23.9 Å². The molecule has 0 heterocycles. The molecule has 2 N–H and O–H groups in total. The number of carbonyl (C=O) groups is 3. The third-order valence-electron chi connectivity index (χ3n) is 2.89. The van der Waals surface area contributed by atoms with Crippen LogP contribution in [0.4, 0.5) is 4.79 Å². The molecule has 1 radical (unpaired) electrons. The highest BCUT2D eigenvalue weighted by molar-refractivity contribution is 5.84. The Morgan fingerprint density at radius 3 is 2.33 bits per heavy atom. The number of benzene rings is 1. The van der Waals surface area contributed by atoms with Crippen LogP contribution in [0.2, 0.25) is 0 Å². The second-order valence-electron chi connectivity index (χ2n) is 6.25. The van der Waals surface area contributed by atoms with Gasteiger partial charge in [0.2, 0.25) is 0 Å². The molecule has 0 fully saturated rings. The van der Waals surface area contributed by atoms with Crippen LogP contribution in [0.1, 0.15) is 39.2 Å². The van der Waals surface area contributed by atoms with Crippen molar-refractivity contribution in [2.75, 3.05) is 0 Å². The molecular formula is C17H23N2O5. The van der Waals surface area contributed by atoms with Gasteiger partial charge in [-0.15, -0.1) is 0 Å². The normalized spacial score (nSPS) is 12.1. The lowest BCUT2D eigenvalue weighted by Crippen LogP contribution is -2.44. The maximum Gasteiger partial charge on any atom is 0.408 e. The van der Waals surface area contributed by atoms with Crippen LogP contribution >= 0.6 is 0 Å². The first-order chi connectivity index (χ1) is 11.2. The van der Waals surface area contributed by atoms with Gasteiger partial charge in [0.15, 0.2) is 0 Å². The minimum absolute atomic E-state index is 0.0187. The molecule has 7 nitrogen and oxygen atoms in total. The summed E-state index contributed by atoms with van der Waals surface area (Å²) in [6.07, 6.45) is -0.904. The molecule has 0 aliphatic rings. The predicted molar refractivity (Wildman–Crippen MR) is 86.7 cm³/mol. The lowest BCUT2D eigenvalue weighted by molar-refractivity contribution is -0.145. The molecule has 0 aliphatic carbocycles. The number of hydrogen-bond acceptors (Lipinski definition) is 5. The Bertz CT molecular complexity index is 566. The van der Waals surface area contributed by atoms with Gasteiger partial charge in [0.1, 0.15) is 18.2 Å². The molecule has 1 unspecified atom stereocenters. The molecule has 1 atom stereocenters. The molecule has 7 heteroatoms. The molecular weight excluding hydrogens is 312 g/mol. The molecule has 2 amide bonds. The molecule has 131 valence electrons. The lowest BCUT2D eigenvalue weighted by Gasteiger charge is -2.22. The quantitative estimate of drug-likeness (QED) is 0.769. The fraction of sp³-hybridized carbons (Fsp3) is 0.471. The van der Waals surface area contributed by atoms with Crippen LogP contribution in [-0.4, -0.2) is 29.6 Å². The van der Waals surface area contributed by atoms with Crippen molar-refractivity contribution in [2.24, 2.45) is 0 Å². The Hall–Kier alpha value is -2.57. The first-order valence-corrected chi connectivity index (χ1v) is 7.62. The molecule has 0 saturated carbocycles. The summed E-state index contributed by atoms with van der Waals surface area (Å²) in [4.78, 5) is 34.6. The number of alkyl carbamates (subject to hydrolysis) is 1. The number of hydrogen-bond donors (Lipinski definition) is 1. The van der Waals surface area contributed by atoms with Gasteiger partial charge in [-0.25, -0.2) is 4.79 Å². The Labute approximate surface area is 141 Å². The second kappa shape index (κ2) is 8.90. The molecule has 1 aromatic carbocycles. The standard InChI is InChI=1S/C17H23N2O5/c1-17(2,3)24-16(22)19-13(15(18)21)9-10-14(20)23-11-12-7-5-4-6-8-12/h4-8,13,18H,9-11H2,1-3H3,(H,19,22). The summed E-state index contributed by atoms with van der Waals surface area (Å²) < 4.78 is 10.1. The van der Waals surface area contributed by atoms with Gasteiger partial charge in [-0.2, -0.15) is 0 Å². The van der Waals surface area contributed by atoms with Crippen LogP contribution in [0.25, 0.3) is 0 Å². The number of nitrogens with one attached hydrogen (secondary N) is 2. The van der Waals surface area contributed by atoms with E-state index in [4.69, 9.17) is 15.2 Å². The van der Waals surface area contributed by atoms with Crippen molar-refractivity contribution >= 4 is 18.0 Å². The molecule has 1 aromatic rings. The molecule has 24 heavy (non-hydrogen) atoms. The van der Waals surface area contributed by atoms with Gasteiger partial charge in [0.25, 0.3) is 5.91 Å². The minimum Gasteiger partial charge on any atom is -0.461 e. The lowest BCUT2D eigenvalue weighted by atomic mass is 10.1. The molecule has 0 spiro atoms. The molecule has 0 aromatic heterocycles. The zero-order valence-corrected chi connectivity index (χ0v) is 14.1. The van der Waals surface area contributed by atoms with E-state index < -0.39 is 29.6 Å². The first kappa shape index (κ1) is 19.5. The van der Waals surface area contributed by atoms with Crippen LogP contribution in [0.3, 0.4) is 0 Å². The van der Waals surface area contributed by atoms with E-state index in [0.29, 0.717) is 0 Å². The average molecular weight is 335 g/mol. The number of rotatable bonds is 7. The van der Waals surface area contributed by atoms with Crippen LogP contribution in [0.15, 0.2) is 30.3 Å². The number of esters is 1. The van der Waals surface area contributed by atoms with Crippen LogP contribution in [-0.2, 0) is 25.7 Å². The minimum atomic E-state index is -1.11. The summed E-state index contributed by atoms with van der Waals surface area (Å²) in [6.45, 7) is 5.19. The van der Waals surface area contributed by atoms with E-state index in [1.54, 1.807) is 20.8 Å². The zero-order valence-electron chi connectivity index (χ0n) is 14.1. The molecule has 1 rings (SSSR count). The van der Waals surface area contributed by atoms with E-state index >= 15 is 0 Å². The number of carbonyl (C=O) groups excluding carboxylic acids is 3. The number of amides is 2. The van der Waals surface area contributed by atoms with E-state index in [1.807, 2.05) is 30.3 Å². The summed E-state index contributed by atoms with van der Waals surface area (Å²) in [5.74, 6) is -1.49. The largest absolute Gasteiger partial charge is 0.461 e. The highest BCUT2D eigenvalue weighted by atomic mass is 16.6. The van der Waals surface area contributed by atoms with Gasteiger partial charge < -0.3 is 14.8 Å². The van der Waals surface area contributed by atoms with Gasteiger partial charge in [-0.1, -0.05) is 30.3 Å². The second-order valence-corrected chi connectivity index (χ2v) is 6.25. The Kier molecular flexibility index (Phi) is 7.23. The van der Waals surface area contributed by atoms with Crippen molar-refractivity contribution in [1.82, 2.24) is 11.1 Å². The average Bonchev–Trinajstić information content (AvgIpc) is 2.48. The smallest absolute Gasteiger partial charge is 0.408 e. The van der Waals surface area contributed by atoms with Crippen LogP contribution < -0.4 is 11.1 Å². The van der Waals surface area contributed by atoms with Gasteiger partial charge in [0.05, 0.1) is 0 Å². The maximum atomic E-state index is 11.7. The summed E-state index contributed by atoms with van der Waals surface area (Å²) in [5.41, 5.74) is 7.32. The van der Waals surface area contributed by atoms with Crippen molar-refractivity contribution in [1.29, 1.82) is 0 Å². The van der Waals surface area contributed by atoms with E-state index in [-0.39, 0.29) is 19.4 Å². The van der Waals surface area contributed by atoms with Crippen LogP contribution in [0, 0.1) is 0 Å². The van der Waals surface area contributed by atoms with E-state index in [1.165, 1.54) is 0 Å². The highest BCUT2D eigenvalue weighted by Gasteiger charge is 2.24. The van der Waals surface area contributed by atoms with E-state index in [2.05, 4.69) is 5.32 Å². The van der Waals surface area contributed by atoms with Gasteiger partial charge in [-0.05, 0) is 32.8 Å². The van der Waals surface area contributed by atoms with Crippen molar-refractivity contribution in [3.05, 3.63) is 35.9 Å². The molecule has 0 aliphatic heterocycles. The SMILES string of the molecule is CC(C)(C)OC(=O)NC(CCC(=O)OCc1ccccc1)C([NH])=O. The Balaban J connectivity index is 2.41. The highest BCUT2D eigenvalue weighted by Crippen LogP contribution is 2.08. The van der Waals surface area contributed by atoms with Gasteiger partial charge >= 0.3 is 12.1 Å². The third kappa shape index (κ3) is 8.17. The van der Waals surface area contributed by atoms with Crippen molar-refractivity contribution in [3.8, 4) is 0 Å². The monoisotopic (exact) mass is 335 g/mol. The zero-order chi connectivity index (χ0) is 18.2. The fourth-order valence-electron chi connectivity index (χ4n) is 1.79. The first-order valence-electron chi connectivity index (χ1n) is 7.62. The Morgan fingerprint density at radius 2 is 1.79 bits per heavy atom. The summed E-state index contributed by atoms with van der Waals surface area (Å²) in [5, 5.41) is 2.30. The van der Waals surface area contributed by atoms with Crippen molar-refractivity contribution in [2.45, 2.75) is 51.9 Å². The predicted octanol–water partition coefficient (Wildman–Crippen LogP) is 2.21. The van der Waals surface area contributed by atoms with Gasteiger partial charge in [-0.3, -0.25) is 15.3 Å². The van der Waals surface area contributed by atoms with E-state index in [9.17, 15) is 14.4 Å². The maximum absolute atomic E-state index is 11.7. The summed E-state index contributed by atoms with van der Waals surface area (Å²) in [6, 6.07) is 8.08. The fourth-order valence-corrected chi connectivity index (χ4v) is 1.79. The van der Waals surface area contributed by atoms with Crippen LogP contribution in [0.5, 0.6) is 0 Å². The number of ether oxygens (including phenoxy) is 2. The van der Waals surface area contributed by atoms with Gasteiger partial charge in [0, 0.05) is 6.42 Å². The van der Waals surface area contributed by atoms with E-state index in [0.717, 1.165) is 5.56 Å². The Morgan fingerprint density at radius 1 is 1.17 bits per heavy atom. The third-order valence-corrected chi connectivity index (χ3v) is 2.89. The summed E-state index contributed by atoms with van der Waals surface area (Å²) in [7, 11) is 0. The summed E-state index contributed by atoms with van der Waals surface area (Å²) >= 11 is 0. The molecule has 0 bridgehead atoms. The topological polar surface area (TPSA) is 106 Å².